The lowest BCUT2D eigenvalue weighted by Gasteiger charge is -2.16. The Hall–Kier alpha value is -2.65. The molecule has 9 heteroatoms. The molecule has 0 saturated heterocycles. The first-order valence-electron chi connectivity index (χ1n) is 8.86. The predicted molar refractivity (Wildman–Crippen MR) is 116 cm³/mol. The standard InChI is InChI=1S/C20H22N4O3S2/c1-14-5-9-18(10-6-14)24-15(2)21-22-20(24)28-13-19(25)16-7-11-17(12-8-16)23(3)29(4,26)27/h5-12H,13H2,1-4H3. The number of aromatic nitrogens is 3. The summed E-state index contributed by atoms with van der Waals surface area (Å²) in [7, 11) is -1.87. The first kappa shape index (κ1) is 21.1. The highest BCUT2D eigenvalue weighted by molar-refractivity contribution is 7.99. The van der Waals surface area contributed by atoms with Crippen molar-refractivity contribution in [2.24, 2.45) is 0 Å². The highest BCUT2D eigenvalue weighted by Crippen LogP contribution is 2.24. The van der Waals surface area contributed by atoms with Gasteiger partial charge in [0.05, 0.1) is 17.7 Å². The Bertz CT molecular complexity index is 1120. The quantitative estimate of drug-likeness (QED) is 0.423. The number of aryl methyl sites for hydroxylation is 2. The number of nitrogens with zero attached hydrogens (tertiary/aromatic N) is 4. The van der Waals surface area contributed by atoms with E-state index in [1.807, 2.05) is 42.7 Å². The van der Waals surface area contributed by atoms with Crippen molar-refractivity contribution in [2.45, 2.75) is 19.0 Å². The van der Waals surface area contributed by atoms with Crippen LogP contribution in [0.5, 0.6) is 0 Å². The Balaban J connectivity index is 1.73. The van der Waals surface area contributed by atoms with Gasteiger partial charge < -0.3 is 0 Å². The number of rotatable bonds is 7. The summed E-state index contributed by atoms with van der Waals surface area (Å²) < 4.78 is 26.3. The number of carbonyl (C=O) groups is 1. The minimum absolute atomic E-state index is 0.0698. The molecule has 0 fully saturated rings. The van der Waals surface area contributed by atoms with Crippen molar-refractivity contribution in [2.75, 3.05) is 23.4 Å². The smallest absolute Gasteiger partial charge is 0.231 e. The zero-order chi connectivity index (χ0) is 21.2. The number of ketones is 1. The summed E-state index contributed by atoms with van der Waals surface area (Å²) in [4.78, 5) is 12.6. The van der Waals surface area contributed by atoms with Gasteiger partial charge in [-0.1, -0.05) is 29.5 Å². The van der Waals surface area contributed by atoms with E-state index in [0.717, 1.165) is 23.3 Å². The third-order valence-corrected chi connectivity index (χ3v) is 6.60. The SMILES string of the molecule is Cc1ccc(-n2c(C)nnc2SCC(=O)c2ccc(N(C)S(C)(=O)=O)cc2)cc1. The Morgan fingerprint density at radius 3 is 2.24 bits per heavy atom. The maximum Gasteiger partial charge on any atom is 0.231 e. The Kier molecular flexibility index (Phi) is 6.09. The number of anilines is 1. The number of thioether (sulfide) groups is 1. The van der Waals surface area contributed by atoms with Gasteiger partial charge in [-0.2, -0.15) is 0 Å². The van der Waals surface area contributed by atoms with E-state index >= 15 is 0 Å². The molecule has 7 nitrogen and oxygen atoms in total. The fourth-order valence-corrected chi connectivity index (χ4v) is 4.09. The first-order chi connectivity index (χ1) is 13.7. The molecule has 0 bridgehead atoms. The second kappa shape index (κ2) is 8.38. The van der Waals surface area contributed by atoms with Crippen molar-refractivity contribution in [3.05, 3.63) is 65.5 Å². The fourth-order valence-electron chi connectivity index (χ4n) is 2.69. The largest absolute Gasteiger partial charge is 0.293 e. The van der Waals surface area contributed by atoms with Crippen LogP contribution in [-0.4, -0.2) is 48.0 Å². The second-order valence-corrected chi connectivity index (χ2v) is 9.65. The molecule has 1 aromatic heterocycles. The molecule has 0 radical (unpaired) electrons. The first-order valence-corrected chi connectivity index (χ1v) is 11.7. The van der Waals surface area contributed by atoms with Gasteiger partial charge in [0.1, 0.15) is 5.82 Å². The van der Waals surface area contributed by atoms with E-state index in [1.54, 1.807) is 24.3 Å². The fraction of sp³-hybridized carbons (Fsp3) is 0.250. The van der Waals surface area contributed by atoms with Crippen molar-refractivity contribution in [3.8, 4) is 5.69 Å². The lowest BCUT2D eigenvalue weighted by molar-refractivity contribution is 0.102. The average molecular weight is 431 g/mol. The maximum absolute atomic E-state index is 12.6. The molecule has 0 spiro atoms. The van der Waals surface area contributed by atoms with Gasteiger partial charge in [-0.15, -0.1) is 10.2 Å². The van der Waals surface area contributed by atoms with Gasteiger partial charge in [0.2, 0.25) is 10.0 Å². The molecule has 0 aliphatic carbocycles. The number of hydrogen-bond donors (Lipinski definition) is 0. The monoisotopic (exact) mass is 430 g/mol. The molecule has 0 saturated carbocycles. The summed E-state index contributed by atoms with van der Waals surface area (Å²) in [5.41, 5.74) is 3.13. The predicted octanol–water partition coefficient (Wildman–Crippen LogP) is 3.25. The summed E-state index contributed by atoms with van der Waals surface area (Å²) in [6.45, 7) is 3.89. The van der Waals surface area contributed by atoms with Crippen LogP contribution >= 0.6 is 11.8 Å². The summed E-state index contributed by atoms with van der Waals surface area (Å²) in [6.07, 6.45) is 1.13. The van der Waals surface area contributed by atoms with Crippen LogP contribution < -0.4 is 4.31 Å². The molecule has 0 N–H and O–H groups in total. The van der Waals surface area contributed by atoms with E-state index in [2.05, 4.69) is 10.2 Å². The van der Waals surface area contributed by atoms with Gasteiger partial charge in [-0.05, 0) is 50.2 Å². The van der Waals surface area contributed by atoms with Crippen molar-refractivity contribution in [3.63, 3.8) is 0 Å². The van der Waals surface area contributed by atoms with Crippen LogP contribution in [0, 0.1) is 13.8 Å². The van der Waals surface area contributed by atoms with Crippen LogP contribution in [0.15, 0.2) is 53.7 Å². The molecule has 29 heavy (non-hydrogen) atoms. The molecule has 0 aliphatic heterocycles. The van der Waals surface area contributed by atoms with Gasteiger partial charge in [0, 0.05) is 18.3 Å². The van der Waals surface area contributed by atoms with Crippen LogP contribution in [0.4, 0.5) is 5.69 Å². The van der Waals surface area contributed by atoms with E-state index in [1.165, 1.54) is 23.1 Å². The molecular formula is C20H22N4O3S2. The van der Waals surface area contributed by atoms with Crippen LogP contribution in [0.2, 0.25) is 0 Å². The molecule has 0 unspecified atom stereocenters. The van der Waals surface area contributed by atoms with Crippen molar-refractivity contribution < 1.29 is 13.2 Å². The van der Waals surface area contributed by atoms with Crippen LogP contribution in [0.3, 0.4) is 0 Å². The molecule has 1 heterocycles. The number of benzene rings is 2. The second-order valence-electron chi connectivity index (χ2n) is 6.69. The average Bonchev–Trinajstić information content (AvgIpc) is 3.06. The van der Waals surface area contributed by atoms with E-state index in [9.17, 15) is 13.2 Å². The topological polar surface area (TPSA) is 85.2 Å². The zero-order valence-corrected chi connectivity index (χ0v) is 18.3. The molecule has 0 aliphatic rings. The number of sulfonamides is 1. The van der Waals surface area contributed by atoms with Crippen LogP contribution in [0.25, 0.3) is 5.69 Å². The molecule has 0 amide bonds. The lowest BCUT2D eigenvalue weighted by Crippen LogP contribution is -2.24. The summed E-state index contributed by atoms with van der Waals surface area (Å²) in [5.74, 6) is 0.877. The maximum atomic E-state index is 12.6. The Morgan fingerprint density at radius 2 is 1.66 bits per heavy atom. The van der Waals surface area contributed by atoms with E-state index in [4.69, 9.17) is 0 Å². The van der Waals surface area contributed by atoms with E-state index in [-0.39, 0.29) is 11.5 Å². The van der Waals surface area contributed by atoms with Gasteiger partial charge in [0.25, 0.3) is 0 Å². The highest BCUT2D eigenvalue weighted by atomic mass is 32.2. The third kappa shape index (κ3) is 4.86. The minimum atomic E-state index is -3.34. The van der Waals surface area contributed by atoms with Gasteiger partial charge >= 0.3 is 0 Å². The van der Waals surface area contributed by atoms with Crippen LogP contribution in [-0.2, 0) is 10.0 Å². The Labute approximate surface area is 174 Å². The molecule has 3 rings (SSSR count). The molecule has 2 aromatic carbocycles. The zero-order valence-electron chi connectivity index (χ0n) is 16.7. The summed E-state index contributed by atoms with van der Waals surface area (Å²) >= 11 is 1.32. The number of hydrogen-bond acceptors (Lipinski definition) is 6. The van der Waals surface area contributed by atoms with Crippen molar-refractivity contribution in [1.29, 1.82) is 0 Å². The van der Waals surface area contributed by atoms with Gasteiger partial charge in [-0.3, -0.25) is 13.7 Å². The van der Waals surface area contributed by atoms with E-state index < -0.39 is 10.0 Å². The van der Waals surface area contributed by atoms with Gasteiger partial charge in [-0.25, -0.2) is 8.42 Å². The van der Waals surface area contributed by atoms with Crippen LogP contribution in [0.1, 0.15) is 21.7 Å². The summed E-state index contributed by atoms with van der Waals surface area (Å²) in [6, 6.07) is 14.5. The van der Waals surface area contributed by atoms with Gasteiger partial charge in [0.15, 0.2) is 10.9 Å². The number of carbonyl (C=O) groups excluding carboxylic acids is 1. The minimum Gasteiger partial charge on any atom is -0.293 e. The third-order valence-electron chi connectivity index (χ3n) is 4.47. The summed E-state index contributed by atoms with van der Waals surface area (Å²) in [5, 5.41) is 8.98. The molecule has 152 valence electrons. The van der Waals surface area contributed by atoms with Crippen molar-refractivity contribution >= 4 is 33.3 Å². The Morgan fingerprint density at radius 1 is 1.03 bits per heavy atom. The number of Topliss-reactive ketones (excluding diaryl/α,β-unsaturated/α-hetero) is 1. The van der Waals surface area contributed by atoms with Crippen molar-refractivity contribution in [1.82, 2.24) is 14.8 Å². The molecule has 3 aromatic rings. The lowest BCUT2D eigenvalue weighted by atomic mass is 10.1. The van der Waals surface area contributed by atoms with E-state index in [0.29, 0.717) is 16.4 Å². The highest BCUT2D eigenvalue weighted by Gasteiger charge is 2.16. The molecular weight excluding hydrogens is 408 g/mol. The molecule has 0 atom stereocenters. The normalized spacial score (nSPS) is 11.4.